The quantitative estimate of drug-likeness (QED) is 0.762. The largest absolute Gasteiger partial charge is 0.355 e. The van der Waals surface area contributed by atoms with Gasteiger partial charge in [0.2, 0.25) is 0 Å². The van der Waals surface area contributed by atoms with Crippen LogP contribution in [0.1, 0.15) is 25.5 Å². The number of nitriles is 1. The van der Waals surface area contributed by atoms with Gasteiger partial charge in [0.25, 0.3) is 0 Å². The molecular weight excluding hydrogens is 216 g/mol. The van der Waals surface area contributed by atoms with Gasteiger partial charge >= 0.3 is 0 Å². The first kappa shape index (κ1) is 11.5. The summed E-state index contributed by atoms with van der Waals surface area (Å²) in [5.74, 6) is 1.08. The minimum atomic E-state index is 0.0983. The molecule has 2 heterocycles. The molecule has 1 aliphatic heterocycles. The normalized spacial score (nSPS) is 19.8. The van der Waals surface area contributed by atoms with E-state index in [1.807, 2.05) is 6.07 Å². The van der Waals surface area contributed by atoms with Crippen LogP contribution < -0.4 is 4.90 Å². The first-order valence-electron chi connectivity index (χ1n) is 5.68. The number of rotatable bonds is 2. The number of carbonyl (C=O) groups excluding carboxylic acids is 1. The van der Waals surface area contributed by atoms with Crippen molar-refractivity contribution in [2.45, 2.75) is 19.8 Å². The van der Waals surface area contributed by atoms with Crippen LogP contribution in [0.15, 0.2) is 12.4 Å². The maximum Gasteiger partial charge on any atom is 0.158 e. The molecule has 17 heavy (non-hydrogen) atoms. The van der Waals surface area contributed by atoms with Gasteiger partial charge in [0, 0.05) is 19.0 Å². The lowest BCUT2D eigenvalue weighted by molar-refractivity contribution is -0.120. The van der Waals surface area contributed by atoms with Crippen molar-refractivity contribution in [3.63, 3.8) is 0 Å². The van der Waals surface area contributed by atoms with Crippen molar-refractivity contribution in [2.24, 2.45) is 5.92 Å². The SMILES string of the molecule is CC(=O)C1CCCN(c2cnc(C#N)cn2)C1. The van der Waals surface area contributed by atoms with Crippen molar-refractivity contribution in [3.8, 4) is 6.07 Å². The van der Waals surface area contributed by atoms with E-state index in [4.69, 9.17) is 5.26 Å². The molecule has 2 rings (SSSR count). The van der Waals surface area contributed by atoms with E-state index in [2.05, 4.69) is 14.9 Å². The molecule has 0 bridgehead atoms. The maximum atomic E-state index is 11.4. The Balaban J connectivity index is 2.11. The molecule has 88 valence electrons. The Morgan fingerprint density at radius 2 is 2.35 bits per heavy atom. The second kappa shape index (κ2) is 4.91. The van der Waals surface area contributed by atoms with Crippen LogP contribution in [0.5, 0.6) is 0 Å². The number of piperidine rings is 1. The average Bonchev–Trinajstić information content (AvgIpc) is 2.39. The molecule has 0 N–H and O–H groups in total. The molecule has 5 heteroatoms. The van der Waals surface area contributed by atoms with Gasteiger partial charge in [0.05, 0.1) is 12.4 Å². The molecule has 5 nitrogen and oxygen atoms in total. The molecule has 1 saturated heterocycles. The first-order chi connectivity index (χ1) is 8.20. The Hall–Kier alpha value is -1.96. The van der Waals surface area contributed by atoms with E-state index in [0.29, 0.717) is 12.2 Å². The van der Waals surface area contributed by atoms with Gasteiger partial charge in [-0.3, -0.25) is 4.79 Å². The monoisotopic (exact) mass is 230 g/mol. The van der Waals surface area contributed by atoms with Gasteiger partial charge in [-0.1, -0.05) is 0 Å². The van der Waals surface area contributed by atoms with Gasteiger partial charge in [-0.05, 0) is 19.8 Å². The number of ketones is 1. The molecule has 0 aromatic carbocycles. The number of hydrogen-bond acceptors (Lipinski definition) is 5. The zero-order valence-corrected chi connectivity index (χ0v) is 9.76. The van der Waals surface area contributed by atoms with Gasteiger partial charge in [-0.2, -0.15) is 5.26 Å². The van der Waals surface area contributed by atoms with Crippen molar-refractivity contribution in [1.29, 1.82) is 5.26 Å². The first-order valence-corrected chi connectivity index (χ1v) is 5.68. The predicted octanol–water partition coefficient (Wildman–Crippen LogP) is 1.15. The summed E-state index contributed by atoms with van der Waals surface area (Å²) in [4.78, 5) is 21.6. The van der Waals surface area contributed by atoms with Crippen molar-refractivity contribution >= 4 is 11.6 Å². The smallest absolute Gasteiger partial charge is 0.158 e. The molecule has 0 amide bonds. The molecule has 0 spiro atoms. The van der Waals surface area contributed by atoms with Crippen LogP contribution in [0.4, 0.5) is 5.82 Å². The van der Waals surface area contributed by atoms with Crippen molar-refractivity contribution < 1.29 is 4.79 Å². The Morgan fingerprint density at radius 3 is 2.94 bits per heavy atom. The molecule has 1 atom stereocenters. The van der Waals surface area contributed by atoms with E-state index in [-0.39, 0.29) is 11.7 Å². The minimum Gasteiger partial charge on any atom is -0.355 e. The fourth-order valence-corrected chi connectivity index (χ4v) is 2.06. The van der Waals surface area contributed by atoms with Crippen molar-refractivity contribution in [1.82, 2.24) is 9.97 Å². The average molecular weight is 230 g/mol. The highest BCUT2D eigenvalue weighted by molar-refractivity contribution is 5.79. The summed E-state index contributed by atoms with van der Waals surface area (Å²) in [5, 5.41) is 8.64. The van der Waals surface area contributed by atoms with E-state index in [0.717, 1.165) is 25.2 Å². The van der Waals surface area contributed by atoms with Crippen LogP contribution in [0.3, 0.4) is 0 Å². The van der Waals surface area contributed by atoms with E-state index >= 15 is 0 Å². The number of aromatic nitrogens is 2. The molecule has 1 aromatic rings. The maximum absolute atomic E-state index is 11.4. The van der Waals surface area contributed by atoms with Crippen LogP contribution >= 0.6 is 0 Å². The number of anilines is 1. The third-order valence-corrected chi connectivity index (χ3v) is 3.07. The van der Waals surface area contributed by atoms with E-state index in [9.17, 15) is 4.79 Å². The van der Waals surface area contributed by atoms with Crippen LogP contribution in [0.25, 0.3) is 0 Å². The Bertz CT molecular complexity index is 449. The second-order valence-corrected chi connectivity index (χ2v) is 4.27. The molecule has 1 unspecified atom stereocenters. The van der Waals surface area contributed by atoms with Gasteiger partial charge in [-0.15, -0.1) is 0 Å². The molecule has 1 fully saturated rings. The Labute approximate surface area is 100 Å². The third kappa shape index (κ3) is 2.59. The predicted molar refractivity (Wildman–Crippen MR) is 62.4 cm³/mol. The molecule has 1 aromatic heterocycles. The Kier molecular flexibility index (Phi) is 3.33. The zero-order valence-electron chi connectivity index (χ0n) is 9.76. The van der Waals surface area contributed by atoms with Gasteiger partial charge < -0.3 is 4.90 Å². The van der Waals surface area contributed by atoms with Crippen LogP contribution in [0.2, 0.25) is 0 Å². The minimum absolute atomic E-state index is 0.0983. The molecular formula is C12H14N4O. The van der Waals surface area contributed by atoms with E-state index in [1.54, 1.807) is 13.1 Å². The molecule has 0 radical (unpaired) electrons. The van der Waals surface area contributed by atoms with Crippen molar-refractivity contribution in [2.75, 3.05) is 18.0 Å². The third-order valence-electron chi connectivity index (χ3n) is 3.07. The summed E-state index contributed by atoms with van der Waals surface area (Å²) in [6, 6.07) is 1.94. The highest BCUT2D eigenvalue weighted by Gasteiger charge is 2.23. The number of hydrogen-bond donors (Lipinski definition) is 0. The summed E-state index contributed by atoms with van der Waals surface area (Å²) in [7, 11) is 0. The zero-order chi connectivity index (χ0) is 12.3. The lowest BCUT2D eigenvalue weighted by Crippen LogP contribution is -2.38. The van der Waals surface area contributed by atoms with Crippen LogP contribution in [-0.2, 0) is 4.79 Å². The Morgan fingerprint density at radius 1 is 1.53 bits per heavy atom. The van der Waals surface area contributed by atoms with Crippen LogP contribution in [-0.4, -0.2) is 28.8 Å². The number of carbonyl (C=O) groups is 1. The lowest BCUT2D eigenvalue weighted by atomic mass is 9.95. The topological polar surface area (TPSA) is 69.9 Å². The van der Waals surface area contributed by atoms with E-state index < -0.39 is 0 Å². The number of nitrogens with zero attached hydrogens (tertiary/aromatic N) is 4. The summed E-state index contributed by atoms with van der Waals surface area (Å²) >= 11 is 0. The van der Waals surface area contributed by atoms with Gasteiger partial charge in [-0.25, -0.2) is 9.97 Å². The fraction of sp³-hybridized carbons (Fsp3) is 0.500. The fourth-order valence-electron chi connectivity index (χ4n) is 2.06. The van der Waals surface area contributed by atoms with Gasteiger partial charge in [0.1, 0.15) is 17.7 Å². The molecule has 1 aliphatic rings. The number of Topliss-reactive ketones (excluding diaryl/α,β-unsaturated/α-hetero) is 1. The molecule has 0 saturated carbocycles. The summed E-state index contributed by atoms with van der Waals surface area (Å²) in [6.07, 6.45) is 5.01. The van der Waals surface area contributed by atoms with E-state index in [1.165, 1.54) is 6.20 Å². The highest BCUT2D eigenvalue weighted by atomic mass is 16.1. The summed E-state index contributed by atoms with van der Waals surface area (Å²) in [6.45, 7) is 3.24. The van der Waals surface area contributed by atoms with Crippen LogP contribution in [0, 0.1) is 17.2 Å². The second-order valence-electron chi connectivity index (χ2n) is 4.27. The van der Waals surface area contributed by atoms with Crippen molar-refractivity contribution in [3.05, 3.63) is 18.1 Å². The van der Waals surface area contributed by atoms with Gasteiger partial charge in [0.15, 0.2) is 5.69 Å². The summed E-state index contributed by atoms with van der Waals surface area (Å²) in [5.41, 5.74) is 0.314. The molecule has 0 aliphatic carbocycles. The highest BCUT2D eigenvalue weighted by Crippen LogP contribution is 2.21. The summed E-state index contributed by atoms with van der Waals surface area (Å²) < 4.78 is 0. The standard InChI is InChI=1S/C12H14N4O/c1-9(17)10-3-2-4-16(8-10)12-7-14-11(5-13)6-15-12/h6-7,10H,2-4,8H2,1H3. The lowest BCUT2D eigenvalue weighted by Gasteiger charge is -2.32.